The molecule has 3 aromatic heterocycles. The molecule has 0 amide bonds. The molecule has 3 heterocycles. The molecule has 3 aromatic rings. The van der Waals surface area contributed by atoms with Crippen LogP contribution in [0.3, 0.4) is 0 Å². The van der Waals surface area contributed by atoms with Gasteiger partial charge < -0.3 is 15.3 Å². The van der Waals surface area contributed by atoms with Crippen molar-refractivity contribution in [2.24, 2.45) is 5.73 Å². The molecule has 10 heteroatoms. The van der Waals surface area contributed by atoms with Gasteiger partial charge in [-0.2, -0.15) is 18.3 Å². The summed E-state index contributed by atoms with van der Waals surface area (Å²) in [5.41, 5.74) is 3.69. The number of halogens is 3. The van der Waals surface area contributed by atoms with Gasteiger partial charge in [-0.3, -0.25) is 0 Å². The molecule has 7 nitrogen and oxygen atoms in total. The van der Waals surface area contributed by atoms with Gasteiger partial charge in [0.1, 0.15) is 5.69 Å². The van der Waals surface area contributed by atoms with Gasteiger partial charge in [-0.1, -0.05) is 19.3 Å². The number of fused-ring (bicyclic) bond motifs is 1. The van der Waals surface area contributed by atoms with Gasteiger partial charge in [-0.15, -0.1) is 0 Å². The highest BCUT2D eigenvalue weighted by atomic mass is 19.4. The first-order valence-electron chi connectivity index (χ1n) is 8.76. The summed E-state index contributed by atoms with van der Waals surface area (Å²) in [6.45, 7) is 0. The molecule has 0 unspecified atom stereocenters. The summed E-state index contributed by atoms with van der Waals surface area (Å²) in [6.07, 6.45) is 3.24. The molecule has 1 fully saturated rings. The maximum Gasteiger partial charge on any atom is 0.433 e. The van der Waals surface area contributed by atoms with Crippen LogP contribution < -0.4 is 5.73 Å². The van der Waals surface area contributed by atoms with E-state index in [-0.39, 0.29) is 17.1 Å². The minimum absolute atomic E-state index is 0.0586. The number of carboxylic acids is 1. The van der Waals surface area contributed by atoms with Crippen LogP contribution in [0.4, 0.5) is 13.2 Å². The van der Waals surface area contributed by atoms with Crippen LogP contribution in [0.5, 0.6) is 0 Å². The Morgan fingerprint density at radius 2 is 1.96 bits per heavy atom. The number of furan rings is 1. The van der Waals surface area contributed by atoms with Crippen molar-refractivity contribution in [2.45, 2.75) is 44.3 Å². The quantitative estimate of drug-likeness (QED) is 0.678. The first-order chi connectivity index (χ1) is 13.3. The molecule has 28 heavy (non-hydrogen) atoms. The summed E-state index contributed by atoms with van der Waals surface area (Å²) in [5.74, 6) is -1.30. The number of hydrogen-bond donors (Lipinski definition) is 2. The maximum atomic E-state index is 13.1. The fourth-order valence-electron chi connectivity index (χ4n) is 2.97. The molecule has 0 bridgehead atoms. The molecule has 0 saturated heterocycles. The number of nitrogens with two attached hydrogens (primary N) is 1. The van der Waals surface area contributed by atoms with Crippen LogP contribution in [0.25, 0.3) is 17.1 Å². The highest BCUT2D eigenvalue weighted by Crippen LogP contribution is 2.32. The highest BCUT2D eigenvalue weighted by Gasteiger charge is 2.35. The van der Waals surface area contributed by atoms with Gasteiger partial charge in [0.2, 0.25) is 0 Å². The Balaban J connectivity index is 0.000000271. The fraction of sp³-hybridized carbons (Fsp3) is 0.389. The van der Waals surface area contributed by atoms with E-state index in [4.69, 9.17) is 15.3 Å². The lowest BCUT2D eigenvalue weighted by Gasteiger charge is -2.15. The molecule has 0 radical (unpaired) electrons. The van der Waals surface area contributed by atoms with E-state index in [1.165, 1.54) is 50.5 Å². The normalized spacial score (nSPS) is 15.3. The fourth-order valence-corrected chi connectivity index (χ4v) is 2.97. The van der Waals surface area contributed by atoms with E-state index in [0.29, 0.717) is 10.6 Å². The second-order valence-corrected chi connectivity index (χ2v) is 6.50. The third kappa shape index (κ3) is 4.50. The Kier molecular flexibility index (Phi) is 5.68. The average Bonchev–Trinajstić information content (AvgIpc) is 3.31. The Morgan fingerprint density at radius 1 is 1.25 bits per heavy atom. The molecule has 3 N–H and O–H groups in total. The largest absolute Gasteiger partial charge is 0.476 e. The zero-order valence-corrected chi connectivity index (χ0v) is 14.8. The van der Waals surface area contributed by atoms with E-state index in [1.807, 2.05) is 0 Å². The summed E-state index contributed by atoms with van der Waals surface area (Å²) < 4.78 is 44.7. The molecular formula is C18H19F3N4O3. The summed E-state index contributed by atoms with van der Waals surface area (Å²) in [4.78, 5) is 14.8. The smallest absolute Gasteiger partial charge is 0.433 e. The standard InChI is InChI=1S/C12H6F3N3O3.C6H13N/c13-12(14,15)9-4-6(8-2-1-3-21-8)16-10-5-7(11(19)20)17-18(9)10;7-6-4-2-1-3-5-6/h1-5H,(H,19,20);6H,1-5,7H2. The molecular weight excluding hydrogens is 377 g/mol. The van der Waals surface area contributed by atoms with Crippen LogP contribution in [0.15, 0.2) is 34.9 Å². The molecule has 0 spiro atoms. The molecule has 1 saturated carbocycles. The van der Waals surface area contributed by atoms with Crippen molar-refractivity contribution in [2.75, 3.05) is 0 Å². The molecule has 150 valence electrons. The van der Waals surface area contributed by atoms with Crippen LogP contribution in [0.2, 0.25) is 0 Å². The van der Waals surface area contributed by atoms with Gasteiger partial charge in [0.05, 0.1) is 6.26 Å². The van der Waals surface area contributed by atoms with Crippen molar-refractivity contribution in [1.29, 1.82) is 0 Å². The maximum absolute atomic E-state index is 13.1. The molecule has 0 atom stereocenters. The third-order valence-electron chi connectivity index (χ3n) is 4.36. The number of rotatable bonds is 2. The third-order valence-corrected chi connectivity index (χ3v) is 4.36. The van der Waals surface area contributed by atoms with Gasteiger partial charge in [-0.25, -0.2) is 14.3 Å². The average molecular weight is 396 g/mol. The topological polar surface area (TPSA) is 107 Å². The number of carbonyl (C=O) groups is 1. The number of carboxylic acid groups (broad SMARTS) is 1. The van der Waals surface area contributed by atoms with Crippen LogP contribution in [0.1, 0.15) is 48.3 Å². The monoisotopic (exact) mass is 396 g/mol. The predicted octanol–water partition coefficient (Wildman–Crippen LogP) is 3.98. The Labute approximate surface area is 158 Å². The zero-order chi connectivity index (χ0) is 20.3. The summed E-state index contributed by atoms with van der Waals surface area (Å²) in [6, 6.07) is 5.21. The molecule has 0 aromatic carbocycles. The Bertz CT molecular complexity index is 945. The van der Waals surface area contributed by atoms with E-state index < -0.39 is 23.5 Å². The van der Waals surface area contributed by atoms with Gasteiger partial charge >= 0.3 is 12.1 Å². The van der Waals surface area contributed by atoms with Crippen molar-refractivity contribution in [3.63, 3.8) is 0 Å². The molecule has 0 aliphatic heterocycles. The number of alkyl halides is 3. The number of nitrogens with zero attached hydrogens (tertiary/aromatic N) is 3. The lowest BCUT2D eigenvalue weighted by molar-refractivity contribution is -0.142. The van der Waals surface area contributed by atoms with E-state index in [2.05, 4.69) is 10.1 Å². The second-order valence-electron chi connectivity index (χ2n) is 6.50. The Hall–Kier alpha value is -2.88. The lowest BCUT2D eigenvalue weighted by atomic mass is 9.97. The zero-order valence-electron chi connectivity index (χ0n) is 14.8. The van der Waals surface area contributed by atoms with Crippen LogP contribution in [-0.4, -0.2) is 31.7 Å². The van der Waals surface area contributed by atoms with Crippen molar-refractivity contribution in [3.8, 4) is 11.5 Å². The van der Waals surface area contributed by atoms with E-state index in [9.17, 15) is 18.0 Å². The summed E-state index contributed by atoms with van der Waals surface area (Å²) in [5, 5.41) is 12.2. The van der Waals surface area contributed by atoms with Crippen molar-refractivity contribution in [3.05, 3.63) is 41.9 Å². The SMILES string of the molecule is NC1CCCCC1.O=C(O)c1cc2nc(-c3ccco3)cc(C(F)(F)F)n2n1. The van der Waals surface area contributed by atoms with E-state index in [0.717, 1.165) is 12.1 Å². The van der Waals surface area contributed by atoms with Crippen LogP contribution >= 0.6 is 0 Å². The first-order valence-corrected chi connectivity index (χ1v) is 8.76. The number of aromatic carboxylic acids is 1. The number of hydrogen-bond acceptors (Lipinski definition) is 5. The van der Waals surface area contributed by atoms with Crippen molar-refractivity contribution < 1.29 is 27.5 Å². The van der Waals surface area contributed by atoms with Gasteiger partial charge in [0, 0.05) is 12.1 Å². The minimum atomic E-state index is -4.72. The van der Waals surface area contributed by atoms with Gasteiger partial charge in [-0.05, 0) is 31.0 Å². The summed E-state index contributed by atoms with van der Waals surface area (Å²) >= 11 is 0. The second kappa shape index (κ2) is 8.01. The van der Waals surface area contributed by atoms with Crippen LogP contribution in [-0.2, 0) is 6.18 Å². The lowest BCUT2D eigenvalue weighted by Crippen LogP contribution is -2.22. The van der Waals surface area contributed by atoms with E-state index in [1.54, 1.807) is 0 Å². The first kappa shape index (κ1) is 19.9. The molecule has 1 aliphatic rings. The van der Waals surface area contributed by atoms with E-state index >= 15 is 0 Å². The summed E-state index contributed by atoms with van der Waals surface area (Å²) in [7, 11) is 0. The van der Waals surface area contributed by atoms with Crippen molar-refractivity contribution >= 4 is 11.6 Å². The Morgan fingerprint density at radius 3 is 2.46 bits per heavy atom. The molecule has 4 rings (SSSR count). The van der Waals surface area contributed by atoms with Gasteiger partial charge in [0.15, 0.2) is 22.8 Å². The van der Waals surface area contributed by atoms with Crippen molar-refractivity contribution in [1.82, 2.24) is 14.6 Å². The van der Waals surface area contributed by atoms with Gasteiger partial charge in [0.25, 0.3) is 0 Å². The minimum Gasteiger partial charge on any atom is -0.476 e. The highest BCUT2D eigenvalue weighted by molar-refractivity contribution is 5.86. The predicted molar refractivity (Wildman–Crippen MR) is 93.7 cm³/mol. The van der Waals surface area contributed by atoms with Crippen LogP contribution in [0, 0.1) is 0 Å². The number of aromatic nitrogens is 3. The molecule has 1 aliphatic carbocycles.